The van der Waals surface area contributed by atoms with Gasteiger partial charge < -0.3 is 9.13 Å². The summed E-state index contributed by atoms with van der Waals surface area (Å²) in [5.74, 6) is -0.955. The standard InChI is InChI=1S/C51H32N6/c1-2-17-33(18-3-1)49-52-50(54-51(53-49)57-44-29-14-8-23-38(44)39-24-9-15-30-45(39)57)48-46(55-40-25-10-4-19-34(40)35-20-5-11-26-41(35)55)31-16-32-47(48)56-42-27-12-6-21-36(42)37-22-7-13-28-43(37)56/h1-32H/i1D,2D,3D,8D,9D,14D,15D,17D,18D,23D,24D,29D,30D. The molecule has 8 aromatic carbocycles. The Balaban J connectivity index is 1.33. The van der Waals surface area contributed by atoms with Crippen LogP contribution in [0, 0.1) is 0 Å². The molecule has 0 unspecified atom stereocenters. The second kappa shape index (κ2) is 12.3. The lowest BCUT2D eigenvalue weighted by Crippen LogP contribution is -2.10. The number of hydrogen-bond acceptors (Lipinski definition) is 3. The first-order chi connectivity index (χ1) is 33.7. The average Bonchev–Trinajstić information content (AvgIpc) is 4.04. The lowest BCUT2D eigenvalue weighted by molar-refractivity contribution is 0.949. The molecule has 4 heterocycles. The van der Waals surface area contributed by atoms with Crippen molar-refractivity contribution in [2.75, 3.05) is 0 Å². The quantitative estimate of drug-likeness (QED) is 0.176. The summed E-state index contributed by atoms with van der Waals surface area (Å²) in [5, 5.41) is 3.31. The smallest absolute Gasteiger partial charge is 0.238 e. The maximum absolute atomic E-state index is 9.31. The van der Waals surface area contributed by atoms with E-state index in [1.165, 1.54) is 0 Å². The highest BCUT2D eigenvalue weighted by molar-refractivity contribution is 6.12. The van der Waals surface area contributed by atoms with Gasteiger partial charge in [0.2, 0.25) is 5.95 Å². The summed E-state index contributed by atoms with van der Waals surface area (Å²) in [7, 11) is 0. The number of aromatic nitrogens is 6. The van der Waals surface area contributed by atoms with Crippen LogP contribution in [0.2, 0.25) is 0 Å². The van der Waals surface area contributed by atoms with Gasteiger partial charge in [0.25, 0.3) is 0 Å². The van der Waals surface area contributed by atoms with Crippen LogP contribution in [0.25, 0.3) is 106 Å². The van der Waals surface area contributed by atoms with Crippen LogP contribution in [-0.4, -0.2) is 28.7 Å². The van der Waals surface area contributed by atoms with Crippen molar-refractivity contribution in [2.24, 2.45) is 0 Å². The third kappa shape index (κ3) is 4.68. The normalized spacial score (nSPS) is 15.1. The van der Waals surface area contributed by atoms with Crippen molar-refractivity contribution in [1.82, 2.24) is 28.7 Å². The molecule has 12 aromatic rings. The van der Waals surface area contributed by atoms with Gasteiger partial charge in [0.15, 0.2) is 11.6 Å². The highest BCUT2D eigenvalue weighted by Gasteiger charge is 2.25. The second-order valence-corrected chi connectivity index (χ2v) is 13.5. The molecule has 6 heteroatoms. The van der Waals surface area contributed by atoms with E-state index in [0.717, 1.165) is 48.2 Å². The Morgan fingerprint density at radius 2 is 0.754 bits per heavy atom. The molecular formula is C51H32N6. The molecule has 6 nitrogen and oxygen atoms in total. The fourth-order valence-electron chi connectivity index (χ4n) is 8.17. The van der Waals surface area contributed by atoms with Crippen LogP contribution in [0.4, 0.5) is 0 Å². The lowest BCUT2D eigenvalue weighted by Gasteiger charge is -2.20. The molecule has 0 aliphatic carbocycles. The van der Waals surface area contributed by atoms with Gasteiger partial charge in [0.1, 0.15) is 0 Å². The van der Waals surface area contributed by atoms with Crippen LogP contribution in [0.3, 0.4) is 0 Å². The molecule has 0 N–H and O–H groups in total. The third-order valence-corrected chi connectivity index (χ3v) is 10.5. The zero-order valence-electron chi connectivity index (χ0n) is 42.7. The Kier molecular flexibility index (Phi) is 4.62. The molecule has 0 aliphatic rings. The van der Waals surface area contributed by atoms with Crippen molar-refractivity contribution >= 4 is 65.4 Å². The first-order valence-electron chi connectivity index (χ1n) is 24.7. The summed E-state index contributed by atoms with van der Waals surface area (Å²) in [6.45, 7) is 0. The highest BCUT2D eigenvalue weighted by Crippen LogP contribution is 2.42. The molecular weight excluding hydrogens is 697 g/mol. The van der Waals surface area contributed by atoms with Crippen molar-refractivity contribution in [3.05, 3.63) is 194 Å². The Hall–Kier alpha value is -7.83. The molecule has 0 saturated carbocycles. The van der Waals surface area contributed by atoms with E-state index in [9.17, 15) is 2.74 Å². The van der Waals surface area contributed by atoms with Gasteiger partial charge in [-0.25, -0.2) is 4.98 Å². The largest absolute Gasteiger partial charge is 0.308 e. The highest BCUT2D eigenvalue weighted by atomic mass is 15.2. The number of nitrogens with zero attached hydrogens (tertiary/aromatic N) is 6. The molecule has 4 aromatic heterocycles. The third-order valence-electron chi connectivity index (χ3n) is 10.5. The predicted molar refractivity (Wildman–Crippen MR) is 234 cm³/mol. The first-order valence-corrected chi connectivity index (χ1v) is 18.2. The van der Waals surface area contributed by atoms with E-state index < -0.39 is 95.9 Å². The molecule has 0 fully saturated rings. The van der Waals surface area contributed by atoms with Crippen molar-refractivity contribution in [2.45, 2.75) is 0 Å². The van der Waals surface area contributed by atoms with E-state index in [1.807, 2.05) is 115 Å². The fraction of sp³-hybridized carbons (Fsp3) is 0. The molecule has 266 valence electrons. The minimum Gasteiger partial charge on any atom is -0.308 e. The van der Waals surface area contributed by atoms with E-state index in [-0.39, 0.29) is 27.6 Å². The summed E-state index contributed by atoms with van der Waals surface area (Å²) in [4.78, 5) is 15.0. The van der Waals surface area contributed by atoms with Crippen LogP contribution in [0.1, 0.15) is 17.8 Å². The topological polar surface area (TPSA) is 53.5 Å². The molecule has 0 aliphatic heterocycles. The van der Waals surface area contributed by atoms with Crippen LogP contribution in [-0.2, 0) is 0 Å². The first kappa shape index (κ1) is 21.3. The van der Waals surface area contributed by atoms with Gasteiger partial charge in [-0.2, -0.15) is 9.97 Å². The van der Waals surface area contributed by atoms with Gasteiger partial charge in [0.05, 0.1) is 67.9 Å². The molecule has 0 radical (unpaired) electrons. The van der Waals surface area contributed by atoms with Crippen LogP contribution in [0.15, 0.2) is 194 Å². The van der Waals surface area contributed by atoms with Crippen LogP contribution in [0.5, 0.6) is 0 Å². The molecule has 0 amide bonds. The predicted octanol–water partition coefficient (Wildman–Crippen LogP) is 12.5. The zero-order chi connectivity index (χ0) is 48.8. The summed E-state index contributed by atoms with van der Waals surface area (Å²) >= 11 is 0. The van der Waals surface area contributed by atoms with Crippen molar-refractivity contribution in [1.29, 1.82) is 0 Å². The average molecular weight is 742 g/mol. The van der Waals surface area contributed by atoms with Gasteiger partial charge in [-0.15, -0.1) is 0 Å². The van der Waals surface area contributed by atoms with E-state index in [2.05, 4.69) is 9.13 Å². The molecule has 0 bridgehead atoms. The number of rotatable bonds is 5. The molecule has 0 saturated heterocycles. The number of hydrogen-bond donors (Lipinski definition) is 0. The maximum atomic E-state index is 9.31. The second-order valence-electron chi connectivity index (χ2n) is 13.5. The molecule has 0 atom stereocenters. The Morgan fingerprint density at radius 1 is 0.333 bits per heavy atom. The van der Waals surface area contributed by atoms with Gasteiger partial charge in [-0.1, -0.05) is 145 Å². The van der Waals surface area contributed by atoms with E-state index >= 15 is 0 Å². The fourth-order valence-corrected chi connectivity index (χ4v) is 8.17. The van der Waals surface area contributed by atoms with Gasteiger partial charge in [-0.3, -0.25) is 4.57 Å². The summed E-state index contributed by atoms with van der Waals surface area (Å²) in [6, 6.07) is 29.0. The summed E-state index contributed by atoms with van der Waals surface area (Å²) < 4.78 is 121. The van der Waals surface area contributed by atoms with Crippen molar-refractivity contribution in [3.63, 3.8) is 0 Å². The molecule has 12 rings (SSSR count). The van der Waals surface area contributed by atoms with E-state index in [1.54, 1.807) is 0 Å². The van der Waals surface area contributed by atoms with Crippen molar-refractivity contribution in [3.8, 4) is 40.1 Å². The number of para-hydroxylation sites is 6. The Bertz CT molecular complexity index is 3970. The van der Waals surface area contributed by atoms with E-state index in [4.69, 9.17) is 30.0 Å². The summed E-state index contributed by atoms with van der Waals surface area (Å²) in [5.41, 5.74) is 3.76. The number of benzene rings is 8. The van der Waals surface area contributed by atoms with Crippen molar-refractivity contribution < 1.29 is 17.8 Å². The Morgan fingerprint density at radius 3 is 1.25 bits per heavy atom. The minimum atomic E-state index is -0.670. The van der Waals surface area contributed by atoms with Crippen LogP contribution < -0.4 is 0 Å². The Labute approximate surface area is 345 Å². The maximum Gasteiger partial charge on any atom is 0.238 e. The lowest BCUT2D eigenvalue weighted by atomic mass is 10.1. The zero-order valence-corrected chi connectivity index (χ0v) is 29.7. The van der Waals surface area contributed by atoms with Gasteiger partial charge in [-0.05, 0) is 48.5 Å². The molecule has 57 heavy (non-hydrogen) atoms. The van der Waals surface area contributed by atoms with Gasteiger partial charge in [0, 0.05) is 37.9 Å². The minimum absolute atomic E-state index is 0.113. The SMILES string of the molecule is [2H]c1c([2H])c([2H])c(-c2nc(-c3c(-n4c5ccccc5c5ccccc54)cccc3-n3c4ccccc4c4ccccc43)nc(-n3c4c([2H])c([2H])c([2H])c([2H])c4c4c([2H])c([2H])c([2H])c([2H])c43)n2)c([2H])c1[2H]. The summed E-state index contributed by atoms with van der Waals surface area (Å²) in [6.07, 6.45) is 0. The van der Waals surface area contributed by atoms with E-state index in [0.29, 0.717) is 16.9 Å². The van der Waals surface area contributed by atoms with Crippen LogP contribution >= 0.6 is 0 Å². The molecule has 0 spiro atoms. The number of fused-ring (bicyclic) bond motifs is 9. The van der Waals surface area contributed by atoms with Gasteiger partial charge >= 0.3 is 0 Å². The monoisotopic (exact) mass is 741 g/mol.